The molecule has 1 heterocycles. The molecule has 16 heavy (non-hydrogen) atoms. The van der Waals surface area contributed by atoms with E-state index in [4.69, 9.17) is 0 Å². The maximum absolute atomic E-state index is 3.74. The zero-order valence-electron chi connectivity index (χ0n) is 10.1. The molecule has 1 aliphatic rings. The molecule has 0 bridgehead atoms. The van der Waals surface area contributed by atoms with E-state index in [0.29, 0.717) is 12.1 Å². The normalized spacial score (nSPS) is 23.7. The molecule has 2 nitrogen and oxygen atoms in total. The number of benzene rings is 1. The van der Waals surface area contributed by atoms with Crippen molar-refractivity contribution in [2.45, 2.75) is 38.3 Å². The van der Waals surface area contributed by atoms with Crippen LogP contribution < -0.4 is 10.6 Å². The smallest absolute Gasteiger partial charge is 0.0294 e. The molecule has 1 saturated heterocycles. The predicted octanol–water partition coefficient (Wildman–Crippen LogP) is 2.48. The van der Waals surface area contributed by atoms with Crippen molar-refractivity contribution in [1.82, 2.24) is 10.6 Å². The maximum atomic E-state index is 3.74. The minimum Gasteiger partial charge on any atom is -0.317 e. The van der Waals surface area contributed by atoms with Crippen molar-refractivity contribution in [3.05, 3.63) is 35.9 Å². The highest BCUT2D eigenvalue weighted by atomic mass is 15.0. The molecular weight excluding hydrogens is 196 g/mol. The van der Waals surface area contributed by atoms with E-state index in [-0.39, 0.29) is 0 Å². The fourth-order valence-electron chi connectivity index (χ4n) is 2.38. The van der Waals surface area contributed by atoms with Crippen molar-refractivity contribution in [2.24, 2.45) is 0 Å². The Morgan fingerprint density at radius 1 is 1.19 bits per heavy atom. The predicted molar refractivity (Wildman–Crippen MR) is 68.5 cm³/mol. The van der Waals surface area contributed by atoms with Crippen LogP contribution in [0.1, 0.15) is 37.8 Å². The summed E-state index contributed by atoms with van der Waals surface area (Å²) in [7, 11) is 0. The molecule has 1 aromatic carbocycles. The first kappa shape index (κ1) is 11.6. The quantitative estimate of drug-likeness (QED) is 0.814. The van der Waals surface area contributed by atoms with E-state index in [0.717, 1.165) is 6.54 Å². The summed E-state index contributed by atoms with van der Waals surface area (Å²) >= 11 is 0. The lowest BCUT2D eigenvalue weighted by Gasteiger charge is -2.22. The fraction of sp³-hybridized carbons (Fsp3) is 0.571. The standard InChI is InChI=1S/C14H22N2/c1-12(13-6-3-2-4-7-13)16-14-8-5-10-15-11-9-14/h2-4,6-7,12,14-16H,5,8-11H2,1H3. The van der Waals surface area contributed by atoms with Crippen LogP contribution in [0.5, 0.6) is 0 Å². The minimum absolute atomic E-state index is 0.462. The van der Waals surface area contributed by atoms with Crippen LogP contribution in [-0.4, -0.2) is 19.1 Å². The fourth-order valence-corrected chi connectivity index (χ4v) is 2.38. The summed E-state index contributed by atoms with van der Waals surface area (Å²) in [4.78, 5) is 0. The van der Waals surface area contributed by atoms with E-state index in [1.807, 2.05) is 0 Å². The summed E-state index contributed by atoms with van der Waals surface area (Å²) in [6.45, 7) is 4.59. The van der Waals surface area contributed by atoms with E-state index in [1.165, 1.54) is 31.4 Å². The Morgan fingerprint density at radius 3 is 2.81 bits per heavy atom. The molecule has 0 spiro atoms. The first-order valence-corrected chi connectivity index (χ1v) is 6.38. The highest BCUT2D eigenvalue weighted by Crippen LogP contribution is 2.15. The third-order valence-corrected chi connectivity index (χ3v) is 3.36. The van der Waals surface area contributed by atoms with Gasteiger partial charge in [-0.25, -0.2) is 0 Å². The van der Waals surface area contributed by atoms with Crippen molar-refractivity contribution >= 4 is 0 Å². The second-order valence-electron chi connectivity index (χ2n) is 4.68. The van der Waals surface area contributed by atoms with Gasteiger partial charge >= 0.3 is 0 Å². The summed E-state index contributed by atoms with van der Waals surface area (Å²) in [5.74, 6) is 0. The molecule has 2 N–H and O–H groups in total. The maximum Gasteiger partial charge on any atom is 0.0294 e. The van der Waals surface area contributed by atoms with Gasteiger partial charge in [-0.3, -0.25) is 0 Å². The zero-order valence-corrected chi connectivity index (χ0v) is 10.1. The van der Waals surface area contributed by atoms with Crippen LogP contribution in [0.25, 0.3) is 0 Å². The third kappa shape index (κ3) is 3.32. The summed E-state index contributed by atoms with van der Waals surface area (Å²) in [5.41, 5.74) is 1.39. The van der Waals surface area contributed by atoms with Crippen molar-refractivity contribution < 1.29 is 0 Å². The lowest BCUT2D eigenvalue weighted by molar-refractivity contribution is 0.421. The van der Waals surface area contributed by atoms with Crippen LogP contribution >= 0.6 is 0 Å². The highest BCUT2D eigenvalue weighted by Gasteiger charge is 2.14. The number of hydrogen-bond donors (Lipinski definition) is 2. The van der Waals surface area contributed by atoms with Gasteiger partial charge in [0.15, 0.2) is 0 Å². The van der Waals surface area contributed by atoms with E-state index in [2.05, 4.69) is 47.9 Å². The van der Waals surface area contributed by atoms with Crippen LogP contribution in [0.4, 0.5) is 0 Å². The van der Waals surface area contributed by atoms with Crippen molar-refractivity contribution in [1.29, 1.82) is 0 Å². The topological polar surface area (TPSA) is 24.1 Å². The van der Waals surface area contributed by atoms with Gasteiger partial charge in [0.05, 0.1) is 0 Å². The van der Waals surface area contributed by atoms with E-state index < -0.39 is 0 Å². The molecule has 2 rings (SSSR count). The van der Waals surface area contributed by atoms with Crippen LogP contribution in [0.15, 0.2) is 30.3 Å². The average molecular weight is 218 g/mol. The lowest BCUT2D eigenvalue weighted by atomic mass is 10.0. The van der Waals surface area contributed by atoms with Gasteiger partial charge < -0.3 is 10.6 Å². The monoisotopic (exact) mass is 218 g/mol. The van der Waals surface area contributed by atoms with Gasteiger partial charge in [0, 0.05) is 12.1 Å². The second-order valence-corrected chi connectivity index (χ2v) is 4.68. The molecule has 2 heteroatoms. The van der Waals surface area contributed by atoms with E-state index >= 15 is 0 Å². The summed E-state index contributed by atoms with van der Waals surface area (Å²) in [6.07, 6.45) is 3.83. The molecular formula is C14H22N2. The van der Waals surface area contributed by atoms with Crippen molar-refractivity contribution in [3.8, 4) is 0 Å². The number of nitrogens with one attached hydrogen (secondary N) is 2. The average Bonchev–Trinajstić information content (AvgIpc) is 2.59. The molecule has 1 fully saturated rings. The molecule has 1 aliphatic heterocycles. The van der Waals surface area contributed by atoms with Gasteiger partial charge in [0.1, 0.15) is 0 Å². The minimum atomic E-state index is 0.462. The van der Waals surface area contributed by atoms with Crippen LogP contribution in [0, 0.1) is 0 Å². The largest absolute Gasteiger partial charge is 0.317 e. The lowest BCUT2D eigenvalue weighted by Crippen LogP contribution is -2.32. The molecule has 0 aliphatic carbocycles. The highest BCUT2D eigenvalue weighted by molar-refractivity contribution is 5.18. The Labute approximate surface area is 98.4 Å². The Bertz CT molecular complexity index is 289. The van der Waals surface area contributed by atoms with Crippen LogP contribution in [0.3, 0.4) is 0 Å². The Hall–Kier alpha value is -0.860. The van der Waals surface area contributed by atoms with Crippen LogP contribution in [0.2, 0.25) is 0 Å². The van der Waals surface area contributed by atoms with Crippen molar-refractivity contribution in [3.63, 3.8) is 0 Å². The van der Waals surface area contributed by atoms with E-state index in [9.17, 15) is 0 Å². The molecule has 0 radical (unpaired) electrons. The van der Waals surface area contributed by atoms with Crippen molar-refractivity contribution in [2.75, 3.05) is 13.1 Å². The SMILES string of the molecule is CC(NC1CCCNCC1)c1ccccc1. The van der Waals surface area contributed by atoms with Gasteiger partial charge in [0.2, 0.25) is 0 Å². The van der Waals surface area contributed by atoms with Gasteiger partial charge in [-0.1, -0.05) is 30.3 Å². The molecule has 0 aromatic heterocycles. The second kappa shape index (κ2) is 6.02. The third-order valence-electron chi connectivity index (χ3n) is 3.36. The first-order valence-electron chi connectivity index (χ1n) is 6.38. The van der Waals surface area contributed by atoms with E-state index in [1.54, 1.807) is 0 Å². The molecule has 0 saturated carbocycles. The number of hydrogen-bond acceptors (Lipinski definition) is 2. The van der Waals surface area contributed by atoms with Gasteiger partial charge in [-0.05, 0) is 44.8 Å². The van der Waals surface area contributed by atoms with Gasteiger partial charge in [-0.15, -0.1) is 0 Å². The molecule has 88 valence electrons. The van der Waals surface area contributed by atoms with Crippen LogP contribution in [-0.2, 0) is 0 Å². The van der Waals surface area contributed by atoms with Gasteiger partial charge in [0.25, 0.3) is 0 Å². The molecule has 2 unspecified atom stereocenters. The molecule has 2 atom stereocenters. The Kier molecular flexibility index (Phi) is 4.37. The number of rotatable bonds is 3. The van der Waals surface area contributed by atoms with Gasteiger partial charge in [-0.2, -0.15) is 0 Å². The molecule has 0 amide bonds. The summed E-state index contributed by atoms with van der Waals surface area (Å²) in [5, 5.41) is 7.19. The Balaban J connectivity index is 1.88. The first-order chi connectivity index (χ1) is 7.86. The Morgan fingerprint density at radius 2 is 2.00 bits per heavy atom. The zero-order chi connectivity index (χ0) is 11.2. The summed E-state index contributed by atoms with van der Waals surface area (Å²) < 4.78 is 0. The molecule has 1 aromatic rings. The summed E-state index contributed by atoms with van der Waals surface area (Å²) in [6, 6.07) is 11.8.